The molecular weight excluding hydrogens is 424 g/mol. The first-order valence-corrected chi connectivity index (χ1v) is 11.7. The van der Waals surface area contributed by atoms with Crippen LogP contribution < -0.4 is 0 Å². The normalized spacial score (nSPS) is 12.5. The largest absolute Gasteiger partial charge is 0.441 e. The summed E-state index contributed by atoms with van der Waals surface area (Å²) in [7, 11) is -1.52. The minimum atomic E-state index is -3.25. The fourth-order valence-electron chi connectivity index (χ4n) is 3.03. The average Bonchev–Trinajstić information content (AvgIpc) is 3.19. The number of oxazole rings is 1. The highest BCUT2D eigenvalue weighted by Crippen LogP contribution is 2.28. The second-order valence-electron chi connectivity index (χ2n) is 7.12. The Hall–Kier alpha value is -2.64. The van der Waals surface area contributed by atoms with E-state index in [0.29, 0.717) is 23.1 Å². The number of carbonyl (C=O) groups excluding carboxylic acids is 1. The average molecular weight is 447 g/mol. The Morgan fingerprint density at radius 3 is 2.47 bits per heavy atom. The lowest BCUT2D eigenvalue weighted by atomic mass is 10.1. The first-order valence-electron chi connectivity index (χ1n) is 9.42. The molecule has 0 N–H and O–H groups in total. The number of hydrogen-bond acceptors (Lipinski definition) is 5. The van der Waals surface area contributed by atoms with Crippen LogP contribution in [0.1, 0.15) is 30.8 Å². The lowest BCUT2D eigenvalue weighted by Gasteiger charge is -2.25. The van der Waals surface area contributed by atoms with E-state index in [1.165, 1.54) is 6.26 Å². The Morgan fingerprint density at radius 2 is 1.83 bits per heavy atom. The minimum absolute atomic E-state index is 0.0628. The molecule has 3 rings (SSSR count). The molecule has 0 radical (unpaired) electrons. The summed E-state index contributed by atoms with van der Waals surface area (Å²) < 4.78 is 28.9. The van der Waals surface area contributed by atoms with E-state index in [1.54, 1.807) is 48.5 Å². The van der Waals surface area contributed by atoms with Crippen molar-refractivity contribution in [2.24, 2.45) is 0 Å². The fraction of sp³-hybridized carbons (Fsp3) is 0.273. The van der Waals surface area contributed by atoms with E-state index in [-0.39, 0.29) is 23.3 Å². The summed E-state index contributed by atoms with van der Waals surface area (Å²) >= 11 is 6.18. The topological polar surface area (TPSA) is 80.5 Å². The highest BCUT2D eigenvalue weighted by Gasteiger charge is 2.19. The van der Waals surface area contributed by atoms with E-state index in [0.717, 1.165) is 11.1 Å². The first kappa shape index (κ1) is 22.1. The SMILES string of the molecule is C[C@@H](c1ccc(S(C)(=O)=O)cc1)N(C)C(=O)CCc1ncc(-c2ccccc2Cl)o1. The van der Waals surface area contributed by atoms with Crippen molar-refractivity contribution in [3.63, 3.8) is 0 Å². The summed E-state index contributed by atoms with van der Waals surface area (Å²) in [5.41, 5.74) is 1.61. The molecule has 3 aromatic rings. The van der Waals surface area contributed by atoms with E-state index in [9.17, 15) is 13.2 Å². The molecule has 0 aliphatic carbocycles. The van der Waals surface area contributed by atoms with E-state index in [1.807, 2.05) is 25.1 Å². The molecule has 8 heteroatoms. The van der Waals surface area contributed by atoms with Crippen molar-refractivity contribution in [3.8, 4) is 11.3 Å². The van der Waals surface area contributed by atoms with Crippen LogP contribution in [0.3, 0.4) is 0 Å². The molecule has 30 heavy (non-hydrogen) atoms. The van der Waals surface area contributed by atoms with E-state index < -0.39 is 9.84 Å². The maximum atomic E-state index is 12.6. The summed E-state index contributed by atoms with van der Waals surface area (Å²) in [6.07, 6.45) is 3.38. The predicted octanol–water partition coefficient (Wildman–Crippen LogP) is 4.55. The molecule has 6 nitrogen and oxygen atoms in total. The number of sulfone groups is 1. The summed E-state index contributed by atoms with van der Waals surface area (Å²) in [6.45, 7) is 1.90. The number of nitrogens with zero attached hydrogens (tertiary/aromatic N) is 2. The van der Waals surface area contributed by atoms with Crippen molar-refractivity contribution in [1.29, 1.82) is 0 Å². The number of halogens is 1. The van der Waals surface area contributed by atoms with Crippen molar-refractivity contribution >= 4 is 27.3 Å². The highest BCUT2D eigenvalue weighted by atomic mass is 35.5. The molecule has 158 valence electrons. The van der Waals surface area contributed by atoms with Gasteiger partial charge in [0.1, 0.15) is 0 Å². The number of hydrogen-bond donors (Lipinski definition) is 0. The molecule has 1 atom stereocenters. The van der Waals surface area contributed by atoms with Gasteiger partial charge in [-0.1, -0.05) is 35.9 Å². The van der Waals surface area contributed by atoms with E-state index in [4.69, 9.17) is 16.0 Å². The van der Waals surface area contributed by atoms with Crippen LogP contribution >= 0.6 is 11.6 Å². The molecule has 1 amide bonds. The zero-order chi connectivity index (χ0) is 21.9. The third-order valence-corrected chi connectivity index (χ3v) is 6.47. The van der Waals surface area contributed by atoms with Gasteiger partial charge in [-0.3, -0.25) is 4.79 Å². The third-order valence-electron chi connectivity index (χ3n) is 5.01. The smallest absolute Gasteiger partial charge is 0.223 e. The monoisotopic (exact) mass is 446 g/mol. The van der Waals surface area contributed by atoms with Crippen LogP contribution in [0.15, 0.2) is 64.0 Å². The van der Waals surface area contributed by atoms with Crippen molar-refractivity contribution in [2.45, 2.75) is 30.7 Å². The zero-order valence-electron chi connectivity index (χ0n) is 17.0. The number of benzene rings is 2. The van der Waals surface area contributed by atoms with Crippen molar-refractivity contribution in [2.75, 3.05) is 13.3 Å². The molecule has 0 saturated heterocycles. The summed E-state index contributed by atoms with van der Waals surface area (Å²) in [4.78, 5) is 18.8. The highest BCUT2D eigenvalue weighted by molar-refractivity contribution is 7.90. The quantitative estimate of drug-likeness (QED) is 0.531. The predicted molar refractivity (Wildman–Crippen MR) is 116 cm³/mol. The summed E-state index contributed by atoms with van der Waals surface area (Å²) in [5.74, 6) is 0.972. The number of rotatable bonds is 7. The summed E-state index contributed by atoms with van der Waals surface area (Å²) in [6, 6.07) is 13.7. The van der Waals surface area contributed by atoms with Crippen LogP contribution in [-0.4, -0.2) is 37.5 Å². The van der Waals surface area contributed by atoms with Crippen LogP contribution in [0.2, 0.25) is 5.02 Å². The molecule has 0 saturated carbocycles. The molecule has 0 unspecified atom stereocenters. The van der Waals surface area contributed by atoms with Gasteiger partial charge in [0.15, 0.2) is 21.5 Å². The standard InChI is InChI=1S/C22H23ClN2O4S/c1-15(16-8-10-17(11-9-16)30(3,27)28)25(2)22(26)13-12-21-24-14-20(29-21)18-6-4-5-7-19(18)23/h4-11,14-15H,12-13H2,1-3H3/t15-/m0/s1. The Morgan fingerprint density at radius 1 is 1.17 bits per heavy atom. The van der Waals surface area contributed by atoms with Gasteiger partial charge in [-0.15, -0.1) is 0 Å². The van der Waals surface area contributed by atoms with Crippen LogP contribution in [0.5, 0.6) is 0 Å². The van der Waals surface area contributed by atoms with E-state index in [2.05, 4.69) is 4.98 Å². The van der Waals surface area contributed by atoms with Crippen molar-refractivity contribution < 1.29 is 17.6 Å². The zero-order valence-corrected chi connectivity index (χ0v) is 18.6. The molecule has 0 spiro atoms. The van der Waals surface area contributed by atoms with Crippen LogP contribution in [0, 0.1) is 0 Å². The van der Waals surface area contributed by atoms with Gasteiger partial charge in [-0.05, 0) is 36.8 Å². The van der Waals surface area contributed by atoms with Gasteiger partial charge in [-0.25, -0.2) is 13.4 Å². The van der Waals surface area contributed by atoms with Gasteiger partial charge < -0.3 is 9.32 Å². The Bertz CT molecular complexity index is 1140. The molecule has 0 aliphatic rings. The van der Waals surface area contributed by atoms with Gasteiger partial charge in [0.05, 0.1) is 22.2 Å². The van der Waals surface area contributed by atoms with Gasteiger partial charge in [0, 0.05) is 31.7 Å². The lowest BCUT2D eigenvalue weighted by molar-refractivity contribution is -0.131. The molecule has 0 aliphatic heterocycles. The maximum absolute atomic E-state index is 12.6. The second-order valence-corrected chi connectivity index (χ2v) is 9.54. The van der Waals surface area contributed by atoms with Crippen LogP contribution in [0.4, 0.5) is 0 Å². The van der Waals surface area contributed by atoms with Crippen molar-refractivity contribution in [3.05, 3.63) is 71.2 Å². The molecule has 2 aromatic carbocycles. The molecular formula is C22H23ClN2O4S. The lowest BCUT2D eigenvalue weighted by Crippen LogP contribution is -2.29. The molecule has 1 aromatic heterocycles. The van der Waals surface area contributed by atoms with E-state index >= 15 is 0 Å². The minimum Gasteiger partial charge on any atom is -0.441 e. The second kappa shape index (κ2) is 9.02. The molecule has 0 fully saturated rings. The Labute approximate surface area is 181 Å². The summed E-state index contributed by atoms with van der Waals surface area (Å²) in [5, 5.41) is 0.576. The number of aromatic nitrogens is 1. The van der Waals surface area contributed by atoms with Crippen molar-refractivity contribution in [1.82, 2.24) is 9.88 Å². The number of carbonyl (C=O) groups is 1. The van der Waals surface area contributed by atoms with Gasteiger partial charge in [-0.2, -0.15) is 0 Å². The van der Waals surface area contributed by atoms with Gasteiger partial charge in [0.25, 0.3) is 0 Å². The van der Waals surface area contributed by atoms with Gasteiger partial charge >= 0.3 is 0 Å². The molecule has 1 heterocycles. The van der Waals surface area contributed by atoms with Crippen LogP contribution in [0.25, 0.3) is 11.3 Å². The van der Waals surface area contributed by atoms with Gasteiger partial charge in [0.2, 0.25) is 5.91 Å². The fourth-order valence-corrected chi connectivity index (χ4v) is 3.89. The third kappa shape index (κ3) is 5.09. The van der Waals surface area contributed by atoms with Crippen LogP contribution in [-0.2, 0) is 21.1 Å². The Kier molecular flexibility index (Phi) is 6.63. The number of amides is 1. The first-order chi connectivity index (χ1) is 14.2. The maximum Gasteiger partial charge on any atom is 0.223 e. The number of aryl methyl sites for hydroxylation is 1. The Balaban J connectivity index is 1.61. The molecule has 0 bridgehead atoms.